The molecule has 0 aromatic heterocycles. The molecule has 19 heavy (non-hydrogen) atoms. The summed E-state index contributed by atoms with van der Waals surface area (Å²) in [6, 6.07) is 1.06. The molecule has 0 aromatic rings. The highest BCUT2D eigenvalue weighted by Gasteiger charge is 2.19. The Labute approximate surface area is 118 Å². The Balaban J connectivity index is 2.29. The molecule has 1 heterocycles. The fraction of sp³-hybridized carbons (Fsp3) is 0.933. The van der Waals surface area contributed by atoms with Crippen LogP contribution in [0.4, 0.5) is 0 Å². The van der Waals surface area contributed by atoms with Gasteiger partial charge in [-0.2, -0.15) is 0 Å². The maximum atomic E-state index is 12.1. The van der Waals surface area contributed by atoms with Crippen LogP contribution in [0.15, 0.2) is 0 Å². The zero-order chi connectivity index (χ0) is 14.3. The van der Waals surface area contributed by atoms with Gasteiger partial charge in [-0.05, 0) is 47.1 Å². The van der Waals surface area contributed by atoms with E-state index in [2.05, 4.69) is 43.2 Å². The molecule has 1 aliphatic heterocycles. The van der Waals surface area contributed by atoms with Gasteiger partial charge in [0.2, 0.25) is 5.91 Å². The quantitative estimate of drug-likeness (QED) is 0.772. The zero-order valence-corrected chi connectivity index (χ0v) is 13.0. The van der Waals surface area contributed by atoms with Gasteiger partial charge in [-0.25, -0.2) is 0 Å². The summed E-state index contributed by atoms with van der Waals surface area (Å²) < 4.78 is 0. The minimum atomic E-state index is 0.0223. The third-order valence-corrected chi connectivity index (χ3v) is 3.87. The smallest absolute Gasteiger partial charge is 0.237 e. The van der Waals surface area contributed by atoms with Crippen LogP contribution in [0.25, 0.3) is 0 Å². The average molecular weight is 269 g/mol. The molecule has 0 bridgehead atoms. The lowest BCUT2D eigenvalue weighted by Crippen LogP contribution is -2.47. The summed E-state index contributed by atoms with van der Waals surface area (Å²) in [5.74, 6) is 0.175. The van der Waals surface area contributed by atoms with Crippen molar-refractivity contribution in [3.63, 3.8) is 0 Å². The van der Waals surface area contributed by atoms with E-state index < -0.39 is 0 Å². The summed E-state index contributed by atoms with van der Waals surface area (Å²) in [6.07, 6.45) is 4.57. The normalized spacial score (nSPS) is 20.9. The number of carbonyl (C=O) groups excluding carboxylic acids is 1. The van der Waals surface area contributed by atoms with Crippen LogP contribution in [0, 0.1) is 0 Å². The van der Waals surface area contributed by atoms with Crippen LogP contribution in [-0.4, -0.2) is 48.6 Å². The van der Waals surface area contributed by atoms with Crippen molar-refractivity contribution < 1.29 is 4.79 Å². The molecule has 0 aliphatic carbocycles. The van der Waals surface area contributed by atoms with Crippen molar-refractivity contribution in [1.29, 1.82) is 0 Å². The molecule has 112 valence electrons. The van der Waals surface area contributed by atoms with Gasteiger partial charge in [-0.1, -0.05) is 12.8 Å². The molecule has 4 nitrogen and oxygen atoms in total. The Bertz CT molecular complexity index is 250. The fourth-order valence-corrected chi connectivity index (χ4v) is 2.80. The molecule has 1 fully saturated rings. The zero-order valence-electron chi connectivity index (χ0n) is 13.0. The van der Waals surface area contributed by atoms with Gasteiger partial charge in [-0.3, -0.25) is 9.69 Å². The van der Waals surface area contributed by atoms with E-state index in [1.54, 1.807) is 0 Å². The lowest BCUT2D eigenvalue weighted by Gasteiger charge is -2.30. The van der Waals surface area contributed by atoms with E-state index >= 15 is 0 Å². The lowest BCUT2D eigenvalue weighted by molar-refractivity contribution is -0.123. The molecule has 0 saturated carbocycles. The fourth-order valence-electron chi connectivity index (χ4n) is 2.80. The van der Waals surface area contributed by atoms with E-state index in [1.807, 2.05) is 0 Å². The first-order chi connectivity index (χ1) is 9.02. The van der Waals surface area contributed by atoms with Crippen molar-refractivity contribution in [2.24, 2.45) is 0 Å². The third kappa shape index (κ3) is 5.91. The minimum Gasteiger partial charge on any atom is -0.353 e. The summed E-state index contributed by atoms with van der Waals surface area (Å²) in [5.41, 5.74) is 0. The minimum absolute atomic E-state index is 0.0223. The van der Waals surface area contributed by atoms with Crippen molar-refractivity contribution in [3.05, 3.63) is 0 Å². The molecule has 4 heteroatoms. The van der Waals surface area contributed by atoms with E-state index in [9.17, 15) is 4.79 Å². The maximum Gasteiger partial charge on any atom is 0.237 e. The molecular weight excluding hydrogens is 238 g/mol. The SMILES string of the molecule is CC(C)N(CCNC(=O)C1CCCCCN1)C(C)C. The second-order valence-corrected chi connectivity index (χ2v) is 6.07. The molecule has 1 atom stereocenters. The van der Waals surface area contributed by atoms with Crippen LogP contribution in [-0.2, 0) is 4.79 Å². The Morgan fingerprint density at radius 1 is 1.21 bits per heavy atom. The first kappa shape index (κ1) is 16.4. The lowest BCUT2D eigenvalue weighted by atomic mass is 10.1. The third-order valence-electron chi connectivity index (χ3n) is 3.87. The van der Waals surface area contributed by atoms with Crippen molar-refractivity contribution in [2.75, 3.05) is 19.6 Å². The molecule has 1 aliphatic rings. The summed E-state index contributed by atoms with van der Waals surface area (Å²) in [5, 5.41) is 6.42. The van der Waals surface area contributed by atoms with E-state index in [4.69, 9.17) is 0 Å². The molecule has 0 radical (unpaired) electrons. The maximum absolute atomic E-state index is 12.1. The van der Waals surface area contributed by atoms with Crippen LogP contribution in [0.2, 0.25) is 0 Å². The monoisotopic (exact) mass is 269 g/mol. The van der Waals surface area contributed by atoms with E-state index in [0.29, 0.717) is 12.1 Å². The van der Waals surface area contributed by atoms with Crippen molar-refractivity contribution in [1.82, 2.24) is 15.5 Å². The number of nitrogens with one attached hydrogen (secondary N) is 2. The van der Waals surface area contributed by atoms with Gasteiger partial charge in [0, 0.05) is 25.2 Å². The van der Waals surface area contributed by atoms with Gasteiger partial charge in [0.25, 0.3) is 0 Å². The summed E-state index contributed by atoms with van der Waals surface area (Å²) in [4.78, 5) is 14.5. The molecular formula is C15H31N3O. The second-order valence-electron chi connectivity index (χ2n) is 6.07. The molecule has 0 spiro atoms. The van der Waals surface area contributed by atoms with Gasteiger partial charge < -0.3 is 10.6 Å². The second kappa shape index (κ2) is 8.54. The van der Waals surface area contributed by atoms with Gasteiger partial charge in [0.05, 0.1) is 6.04 Å². The van der Waals surface area contributed by atoms with Gasteiger partial charge in [0.1, 0.15) is 0 Å². The highest BCUT2D eigenvalue weighted by Crippen LogP contribution is 2.08. The Hall–Kier alpha value is -0.610. The van der Waals surface area contributed by atoms with Crippen LogP contribution < -0.4 is 10.6 Å². The van der Waals surface area contributed by atoms with Crippen molar-refractivity contribution >= 4 is 5.91 Å². The van der Waals surface area contributed by atoms with E-state index in [0.717, 1.165) is 32.5 Å². The molecule has 1 amide bonds. The van der Waals surface area contributed by atoms with Gasteiger partial charge in [0.15, 0.2) is 0 Å². The Morgan fingerprint density at radius 2 is 1.89 bits per heavy atom. The molecule has 1 rings (SSSR count). The summed E-state index contributed by atoms with van der Waals surface area (Å²) in [7, 11) is 0. The van der Waals surface area contributed by atoms with Gasteiger partial charge in [-0.15, -0.1) is 0 Å². The van der Waals surface area contributed by atoms with Crippen LogP contribution in [0.3, 0.4) is 0 Å². The van der Waals surface area contributed by atoms with Crippen LogP contribution >= 0.6 is 0 Å². The summed E-state index contributed by atoms with van der Waals surface area (Å²) >= 11 is 0. The first-order valence-electron chi connectivity index (χ1n) is 7.79. The molecule has 1 unspecified atom stereocenters. The number of hydrogen-bond acceptors (Lipinski definition) is 3. The predicted molar refractivity (Wildman–Crippen MR) is 80.2 cm³/mol. The highest BCUT2D eigenvalue weighted by molar-refractivity contribution is 5.81. The largest absolute Gasteiger partial charge is 0.353 e. The Kier molecular flexibility index (Phi) is 7.39. The van der Waals surface area contributed by atoms with Crippen molar-refractivity contribution in [2.45, 2.75) is 71.5 Å². The number of carbonyl (C=O) groups is 1. The highest BCUT2D eigenvalue weighted by atomic mass is 16.2. The van der Waals surface area contributed by atoms with Crippen molar-refractivity contribution in [3.8, 4) is 0 Å². The number of nitrogens with zero attached hydrogens (tertiary/aromatic N) is 1. The molecule has 1 saturated heterocycles. The predicted octanol–water partition coefficient (Wildman–Crippen LogP) is 1.75. The Morgan fingerprint density at radius 3 is 2.53 bits per heavy atom. The summed E-state index contributed by atoms with van der Waals surface area (Å²) in [6.45, 7) is 11.5. The average Bonchev–Trinajstić information content (AvgIpc) is 2.62. The number of hydrogen-bond donors (Lipinski definition) is 2. The number of rotatable bonds is 6. The molecule has 0 aromatic carbocycles. The van der Waals surface area contributed by atoms with E-state index in [1.165, 1.54) is 12.8 Å². The number of amides is 1. The van der Waals surface area contributed by atoms with Gasteiger partial charge >= 0.3 is 0 Å². The topological polar surface area (TPSA) is 44.4 Å². The molecule has 2 N–H and O–H groups in total. The standard InChI is InChI=1S/C15H31N3O/c1-12(2)18(13(3)4)11-10-17-15(19)14-8-6-5-7-9-16-14/h12-14,16H,5-11H2,1-4H3,(H,17,19). The van der Waals surface area contributed by atoms with E-state index in [-0.39, 0.29) is 11.9 Å². The first-order valence-corrected chi connectivity index (χ1v) is 7.79. The van der Waals surface area contributed by atoms with Crippen LogP contribution in [0.5, 0.6) is 0 Å². The van der Waals surface area contributed by atoms with Crippen LogP contribution in [0.1, 0.15) is 53.4 Å².